The molecule has 28 heavy (non-hydrogen) atoms. The van der Waals surface area contributed by atoms with Crippen molar-refractivity contribution in [3.8, 4) is 5.75 Å². The van der Waals surface area contributed by atoms with Crippen molar-refractivity contribution in [2.24, 2.45) is 0 Å². The molecule has 0 spiro atoms. The third kappa shape index (κ3) is 4.68. The van der Waals surface area contributed by atoms with Crippen molar-refractivity contribution in [2.75, 3.05) is 19.5 Å². The fraction of sp³-hybridized carbons (Fsp3) is 0.500. The molecule has 0 unspecified atom stereocenters. The Labute approximate surface area is 166 Å². The summed E-state index contributed by atoms with van der Waals surface area (Å²) in [6.07, 6.45) is 3.81. The van der Waals surface area contributed by atoms with E-state index in [0.29, 0.717) is 12.8 Å². The molecule has 2 N–H and O–H groups in total. The molecule has 2 atom stereocenters. The fourth-order valence-electron chi connectivity index (χ4n) is 4.10. The number of aromatic hydroxyl groups is 1. The molecule has 0 amide bonds. The third-order valence-corrected chi connectivity index (χ3v) is 7.45. The minimum atomic E-state index is -3.32. The molecular formula is C20H27BO6S. The number of rotatable bonds is 7. The van der Waals surface area contributed by atoms with E-state index >= 15 is 0 Å². The maximum atomic E-state index is 12.5. The van der Waals surface area contributed by atoms with E-state index in [2.05, 4.69) is 6.92 Å². The Kier molecular flexibility index (Phi) is 6.65. The van der Waals surface area contributed by atoms with Gasteiger partial charge >= 0.3 is 7.12 Å². The SMILES string of the molecule is CC/C(=C\c1cccc(O)c1)CC[C@H]1OB(O)C[C@H]2C1=C(COC)CS2(=O)=O. The largest absolute Gasteiger partial charge is 0.508 e. The summed E-state index contributed by atoms with van der Waals surface area (Å²) in [5, 5.41) is 19.0. The Morgan fingerprint density at radius 3 is 2.89 bits per heavy atom. The van der Waals surface area contributed by atoms with Crippen LogP contribution in [0.4, 0.5) is 0 Å². The number of phenolic OH excluding ortho intramolecular Hbond substituents is 1. The van der Waals surface area contributed by atoms with E-state index in [4.69, 9.17) is 9.39 Å². The summed E-state index contributed by atoms with van der Waals surface area (Å²) in [7, 11) is -2.84. The number of sulfone groups is 1. The summed E-state index contributed by atoms with van der Waals surface area (Å²) < 4.78 is 36.0. The molecule has 2 aliphatic rings. The lowest BCUT2D eigenvalue weighted by Gasteiger charge is -2.32. The molecule has 1 fully saturated rings. The maximum absolute atomic E-state index is 12.5. The summed E-state index contributed by atoms with van der Waals surface area (Å²) in [5.41, 5.74) is 3.63. The van der Waals surface area contributed by atoms with Gasteiger partial charge in [0, 0.05) is 13.4 Å². The summed E-state index contributed by atoms with van der Waals surface area (Å²) >= 11 is 0. The highest BCUT2D eigenvalue weighted by atomic mass is 32.2. The molecule has 0 bridgehead atoms. The fourth-order valence-corrected chi connectivity index (χ4v) is 6.20. The van der Waals surface area contributed by atoms with E-state index in [1.54, 1.807) is 25.3 Å². The first-order valence-corrected chi connectivity index (χ1v) is 11.3. The summed E-state index contributed by atoms with van der Waals surface area (Å²) in [4.78, 5) is 0. The standard InChI is InChI=1S/C20H27BO6S/c1-3-14(9-15-5-4-6-17(22)10-15)7-8-18-20-16(12-26-2)13-28(24,25)19(20)11-21(23)27-18/h4-6,9-10,18-19,22-23H,3,7-8,11-13H2,1-2H3/b14-9+/t18-,19+/m1/s1. The van der Waals surface area contributed by atoms with Crippen molar-refractivity contribution in [1.29, 1.82) is 0 Å². The van der Waals surface area contributed by atoms with Gasteiger partial charge in [-0.1, -0.05) is 30.7 Å². The molecule has 3 rings (SSSR count). The van der Waals surface area contributed by atoms with E-state index < -0.39 is 28.3 Å². The second-order valence-corrected chi connectivity index (χ2v) is 9.58. The monoisotopic (exact) mass is 406 g/mol. The topological polar surface area (TPSA) is 93.1 Å². The Bertz CT molecular complexity index is 876. The lowest BCUT2D eigenvalue weighted by Crippen LogP contribution is -2.42. The molecule has 2 aliphatic heterocycles. The molecule has 0 aliphatic carbocycles. The molecule has 0 aromatic heterocycles. The van der Waals surface area contributed by atoms with Crippen molar-refractivity contribution < 1.29 is 27.9 Å². The number of hydrogen-bond acceptors (Lipinski definition) is 6. The third-order valence-electron chi connectivity index (χ3n) is 5.39. The molecule has 6 nitrogen and oxygen atoms in total. The van der Waals surface area contributed by atoms with Crippen LogP contribution in [-0.2, 0) is 19.2 Å². The number of phenols is 1. The Morgan fingerprint density at radius 2 is 2.21 bits per heavy atom. The van der Waals surface area contributed by atoms with Gasteiger partial charge in [0.25, 0.3) is 0 Å². The predicted octanol–water partition coefficient (Wildman–Crippen LogP) is 2.59. The molecule has 152 valence electrons. The van der Waals surface area contributed by atoms with Gasteiger partial charge in [0.05, 0.1) is 23.7 Å². The second kappa shape index (κ2) is 8.82. The Balaban J connectivity index is 1.80. The average molecular weight is 406 g/mol. The van der Waals surface area contributed by atoms with Crippen molar-refractivity contribution in [2.45, 2.75) is 43.9 Å². The number of benzene rings is 1. The number of ether oxygens (including phenoxy) is 1. The Morgan fingerprint density at radius 1 is 1.43 bits per heavy atom. The van der Waals surface area contributed by atoms with Crippen molar-refractivity contribution in [1.82, 2.24) is 0 Å². The molecule has 2 heterocycles. The van der Waals surface area contributed by atoms with Gasteiger partial charge in [-0.3, -0.25) is 0 Å². The highest BCUT2D eigenvalue weighted by Gasteiger charge is 2.48. The van der Waals surface area contributed by atoms with Crippen LogP contribution < -0.4 is 0 Å². The van der Waals surface area contributed by atoms with Gasteiger partial charge in [-0.15, -0.1) is 0 Å². The second-order valence-electron chi connectivity index (χ2n) is 7.39. The van der Waals surface area contributed by atoms with Gasteiger partial charge in [0.2, 0.25) is 0 Å². The van der Waals surface area contributed by atoms with Crippen LogP contribution in [0.2, 0.25) is 6.32 Å². The average Bonchev–Trinajstić information content (AvgIpc) is 2.89. The van der Waals surface area contributed by atoms with Gasteiger partial charge < -0.3 is 19.5 Å². The Hall–Kier alpha value is -1.61. The van der Waals surface area contributed by atoms with Crippen LogP contribution in [0.15, 0.2) is 41.0 Å². The van der Waals surface area contributed by atoms with Gasteiger partial charge in [0.1, 0.15) is 5.75 Å². The van der Waals surface area contributed by atoms with E-state index in [0.717, 1.165) is 23.1 Å². The number of hydrogen-bond donors (Lipinski definition) is 2. The van der Waals surface area contributed by atoms with Crippen LogP contribution in [0, 0.1) is 0 Å². The van der Waals surface area contributed by atoms with Crippen LogP contribution in [0.3, 0.4) is 0 Å². The van der Waals surface area contributed by atoms with Crippen molar-refractivity contribution >= 4 is 23.0 Å². The van der Waals surface area contributed by atoms with Gasteiger partial charge in [-0.05, 0) is 48.1 Å². The van der Waals surface area contributed by atoms with Gasteiger partial charge in [-0.2, -0.15) is 0 Å². The lowest BCUT2D eigenvalue weighted by molar-refractivity contribution is 0.166. The van der Waals surface area contributed by atoms with E-state index in [1.807, 2.05) is 12.1 Å². The molecule has 1 saturated heterocycles. The molecule has 0 radical (unpaired) electrons. The number of allylic oxidation sites excluding steroid dienone is 1. The van der Waals surface area contributed by atoms with Crippen LogP contribution in [0.25, 0.3) is 6.08 Å². The molecule has 1 aromatic carbocycles. The normalized spacial score (nSPS) is 24.5. The maximum Gasteiger partial charge on any atom is 0.456 e. The zero-order valence-electron chi connectivity index (χ0n) is 16.3. The quantitative estimate of drug-likeness (QED) is 0.534. The zero-order valence-corrected chi connectivity index (χ0v) is 17.1. The summed E-state index contributed by atoms with van der Waals surface area (Å²) in [6, 6.07) is 7.06. The van der Waals surface area contributed by atoms with Crippen molar-refractivity contribution in [3.63, 3.8) is 0 Å². The van der Waals surface area contributed by atoms with E-state index in [9.17, 15) is 18.5 Å². The number of methoxy groups -OCH3 is 1. The van der Waals surface area contributed by atoms with E-state index in [1.165, 1.54) is 5.57 Å². The van der Waals surface area contributed by atoms with Crippen LogP contribution in [-0.4, -0.2) is 56.5 Å². The summed E-state index contributed by atoms with van der Waals surface area (Å²) in [6.45, 7) is 2.32. The van der Waals surface area contributed by atoms with Gasteiger partial charge in [0.15, 0.2) is 9.84 Å². The minimum absolute atomic E-state index is 0.0206. The van der Waals surface area contributed by atoms with Gasteiger partial charge in [-0.25, -0.2) is 8.42 Å². The van der Waals surface area contributed by atoms with Crippen molar-refractivity contribution in [3.05, 3.63) is 46.5 Å². The van der Waals surface area contributed by atoms with Crippen LogP contribution in [0.1, 0.15) is 31.7 Å². The zero-order chi connectivity index (χ0) is 20.3. The lowest BCUT2D eigenvalue weighted by atomic mass is 9.74. The van der Waals surface area contributed by atoms with Crippen LogP contribution in [0.5, 0.6) is 5.75 Å². The molecule has 1 aromatic rings. The molecular weight excluding hydrogens is 379 g/mol. The predicted molar refractivity (Wildman–Crippen MR) is 110 cm³/mol. The molecule has 0 saturated carbocycles. The van der Waals surface area contributed by atoms with Crippen LogP contribution >= 0.6 is 0 Å². The smallest absolute Gasteiger partial charge is 0.456 e. The first-order chi connectivity index (χ1) is 13.3. The highest BCUT2D eigenvalue weighted by molar-refractivity contribution is 7.92. The first kappa shape index (κ1) is 21.1. The van der Waals surface area contributed by atoms with E-state index in [-0.39, 0.29) is 24.4 Å². The summed E-state index contributed by atoms with van der Waals surface area (Å²) in [5.74, 6) is 0.198. The minimum Gasteiger partial charge on any atom is -0.508 e. The first-order valence-electron chi connectivity index (χ1n) is 9.58. The highest BCUT2D eigenvalue weighted by Crippen LogP contribution is 2.39. The number of fused-ring (bicyclic) bond motifs is 1. The molecule has 8 heteroatoms.